The van der Waals surface area contributed by atoms with E-state index in [2.05, 4.69) is 59.5 Å². The Kier molecular flexibility index (Phi) is 4.33. The molecule has 2 aliphatic rings. The van der Waals surface area contributed by atoms with E-state index in [1.807, 2.05) is 6.08 Å². The molecule has 0 radical (unpaired) electrons. The summed E-state index contributed by atoms with van der Waals surface area (Å²) in [6.07, 6.45) is 7.36. The zero-order valence-electron chi connectivity index (χ0n) is 14.5. The second-order valence-electron chi connectivity index (χ2n) is 8.50. The Labute approximate surface area is 131 Å². The molecule has 1 fully saturated rings. The van der Waals surface area contributed by atoms with Gasteiger partial charge in [-0.2, -0.15) is 0 Å². The molecule has 0 aromatic carbocycles. The summed E-state index contributed by atoms with van der Waals surface area (Å²) in [5.74, 6) is 1.06. The van der Waals surface area contributed by atoms with Crippen LogP contribution in [0.2, 0.25) is 18.1 Å². The minimum absolute atomic E-state index is 0.125. The van der Waals surface area contributed by atoms with Crippen LogP contribution in [-0.2, 0) is 4.43 Å². The maximum Gasteiger partial charge on any atom is 0.191 e. The van der Waals surface area contributed by atoms with Crippen molar-refractivity contribution >= 4 is 8.32 Å². The summed E-state index contributed by atoms with van der Waals surface area (Å²) >= 11 is 0. The molecule has 0 aromatic heterocycles. The molecule has 5 atom stereocenters. The number of rotatable bonds is 5. The summed E-state index contributed by atoms with van der Waals surface area (Å²) in [5.41, 5.74) is -0.636. The average Bonchev–Trinajstić information content (AvgIpc) is 2.86. The highest BCUT2D eigenvalue weighted by atomic mass is 28.4. The van der Waals surface area contributed by atoms with Crippen LogP contribution in [0.1, 0.15) is 34.1 Å². The molecule has 1 saturated carbocycles. The van der Waals surface area contributed by atoms with Crippen molar-refractivity contribution in [3.63, 3.8) is 0 Å². The molecule has 2 nitrogen and oxygen atoms in total. The summed E-state index contributed by atoms with van der Waals surface area (Å²) in [5, 5.41) is 11.4. The minimum Gasteiger partial charge on any atom is -0.417 e. The van der Waals surface area contributed by atoms with Crippen LogP contribution in [0.15, 0.2) is 24.8 Å². The van der Waals surface area contributed by atoms with Crippen LogP contribution >= 0.6 is 0 Å². The monoisotopic (exact) mass is 308 g/mol. The molecule has 0 aliphatic heterocycles. The second-order valence-corrected chi connectivity index (χ2v) is 13.3. The first-order valence-electron chi connectivity index (χ1n) is 8.21. The first-order valence-corrected chi connectivity index (χ1v) is 11.1. The zero-order valence-corrected chi connectivity index (χ0v) is 15.5. The summed E-state index contributed by atoms with van der Waals surface area (Å²) in [6.45, 7) is 18.2. The lowest BCUT2D eigenvalue weighted by molar-refractivity contribution is -0.0367. The molecule has 0 spiro atoms. The molecule has 0 heterocycles. The van der Waals surface area contributed by atoms with Crippen LogP contribution < -0.4 is 0 Å². The van der Waals surface area contributed by atoms with Gasteiger partial charge in [0.15, 0.2) is 8.32 Å². The van der Waals surface area contributed by atoms with Crippen molar-refractivity contribution in [2.45, 2.75) is 57.8 Å². The third-order valence-corrected chi connectivity index (χ3v) is 10.8. The average molecular weight is 309 g/mol. The minimum atomic E-state index is -1.71. The van der Waals surface area contributed by atoms with Crippen LogP contribution in [0.5, 0.6) is 0 Å². The highest BCUT2D eigenvalue weighted by Crippen LogP contribution is 2.55. The van der Waals surface area contributed by atoms with Gasteiger partial charge in [0.25, 0.3) is 0 Å². The molecule has 0 amide bonds. The van der Waals surface area contributed by atoms with Crippen LogP contribution in [0.4, 0.5) is 0 Å². The van der Waals surface area contributed by atoms with E-state index in [0.29, 0.717) is 5.92 Å². The van der Waals surface area contributed by atoms with E-state index in [1.165, 1.54) is 0 Å². The van der Waals surface area contributed by atoms with Gasteiger partial charge in [-0.15, -0.1) is 6.58 Å². The van der Waals surface area contributed by atoms with Gasteiger partial charge in [0, 0.05) is 24.4 Å². The van der Waals surface area contributed by atoms with Gasteiger partial charge in [-0.25, -0.2) is 0 Å². The van der Waals surface area contributed by atoms with E-state index < -0.39 is 13.9 Å². The van der Waals surface area contributed by atoms with Crippen molar-refractivity contribution in [1.82, 2.24) is 0 Å². The molecule has 3 heteroatoms. The Balaban J connectivity index is 2.06. The van der Waals surface area contributed by atoms with Crippen LogP contribution in [0.25, 0.3) is 0 Å². The fourth-order valence-electron chi connectivity index (χ4n) is 3.62. The molecule has 2 rings (SSSR count). The van der Waals surface area contributed by atoms with Gasteiger partial charge in [0.1, 0.15) is 0 Å². The van der Waals surface area contributed by atoms with E-state index in [-0.39, 0.29) is 22.8 Å². The van der Waals surface area contributed by atoms with Gasteiger partial charge in [0.2, 0.25) is 0 Å². The van der Waals surface area contributed by atoms with Crippen molar-refractivity contribution in [2.75, 3.05) is 6.61 Å². The molecule has 1 N–H and O–H groups in total. The Bertz CT molecular complexity index is 435. The smallest absolute Gasteiger partial charge is 0.191 e. The molecule has 2 aliphatic carbocycles. The Morgan fingerprint density at radius 1 is 1.43 bits per heavy atom. The quantitative estimate of drug-likeness (QED) is 0.603. The molecular weight excluding hydrogens is 276 g/mol. The van der Waals surface area contributed by atoms with Gasteiger partial charge in [-0.1, -0.05) is 45.9 Å². The topological polar surface area (TPSA) is 29.5 Å². The predicted molar refractivity (Wildman–Crippen MR) is 91.7 cm³/mol. The summed E-state index contributed by atoms with van der Waals surface area (Å²) in [4.78, 5) is 0. The van der Waals surface area contributed by atoms with Crippen LogP contribution in [0, 0.1) is 23.7 Å². The third-order valence-electron chi connectivity index (χ3n) is 6.29. The SMILES string of the molecule is C=C[C@@H](C)[C@]1(O)[C@@H]2C=C[C@H]1C[C@H]2CO[Si](C)(C)C(C)(C)C. The Morgan fingerprint density at radius 3 is 2.57 bits per heavy atom. The molecule has 0 saturated heterocycles. The van der Waals surface area contributed by atoms with Crippen molar-refractivity contribution in [3.8, 4) is 0 Å². The lowest BCUT2D eigenvalue weighted by atomic mass is 9.78. The molecular formula is C18H32O2Si. The van der Waals surface area contributed by atoms with E-state index >= 15 is 0 Å². The van der Waals surface area contributed by atoms with Crippen molar-refractivity contribution in [2.24, 2.45) is 23.7 Å². The first kappa shape index (κ1) is 17.0. The van der Waals surface area contributed by atoms with E-state index in [0.717, 1.165) is 13.0 Å². The fourth-order valence-corrected chi connectivity index (χ4v) is 4.68. The highest BCUT2D eigenvalue weighted by molar-refractivity contribution is 6.74. The van der Waals surface area contributed by atoms with Gasteiger partial charge in [0.05, 0.1) is 5.60 Å². The van der Waals surface area contributed by atoms with Crippen molar-refractivity contribution in [1.29, 1.82) is 0 Å². The van der Waals surface area contributed by atoms with Crippen molar-refractivity contribution < 1.29 is 9.53 Å². The van der Waals surface area contributed by atoms with Gasteiger partial charge < -0.3 is 9.53 Å². The number of aliphatic hydroxyl groups is 1. The molecule has 0 unspecified atom stereocenters. The third kappa shape index (κ3) is 2.69. The maximum atomic E-state index is 11.1. The molecule has 2 bridgehead atoms. The predicted octanol–water partition coefficient (Wildman–Crippen LogP) is 4.38. The largest absolute Gasteiger partial charge is 0.417 e. The van der Waals surface area contributed by atoms with Gasteiger partial charge >= 0.3 is 0 Å². The zero-order chi connectivity index (χ0) is 16.1. The van der Waals surface area contributed by atoms with Crippen LogP contribution in [0.3, 0.4) is 0 Å². The lowest BCUT2D eigenvalue weighted by Gasteiger charge is -2.38. The summed E-state index contributed by atoms with van der Waals surface area (Å²) in [7, 11) is -1.71. The van der Waals surface area contributed by atoms with E-state index in [1.54, 1.807) is 0 Å². The normalized spacial score (nSPS) is 37.0. The molecule has 21 heavy (non-hydrogen) atoms. The number of hydrogen-bond acceptors (Lipinski definition) is 2. The summed E-state index contributed by atoms with van der Waals surface area (Å²) in [6, 6.07) is 0. The van der Waals surface area contributed by atoms with E-state index in [9.17, 15) is 5.11 Å². The molecule has 0 aromatic rings. The number of fused-ring (bicyclic) bond motifs is 2. The fraction of sp³-hybridized carbons (Fsp3) is 0.778. The highest BCUT2D eigenvalue weighted by Gasteiger charge is 2.57. The maximum absolute atomic E-state index is 11.1. The Morgan fingerprint density at radius 2 is 2.05 bits per heavy atom. The van der Waals surface area contributed by atoms with Crippen molar-refractivity contribution in [3.05, 3.63) is 24.8 Å². The van der Waals surface area contributed by atoms with E-state index in [4.69, 9.17) is 4.43 Å². The standard InChI is InChI=1S/C18H32O2Si/c1-8-13(2)18(19)15-9-10-16(18)14(11-15)12-20-21(6,7)17(3,4)5/h8-10,13-16,19H,1,11-12H2,2-7H3/t13-,14+,15+,16-,18-/m1/s1. The summed E-state index contributed by atoms with van der Waals surface area (Å²) < 4.78 is 6.41. The van der Waals surface area contributed by atoms with Crippen LogP contribution in [-0.4, -0.2) is 25.6 Å². The number of hydrogen-bond donors (Lipinski definition) is 1. The van der Waals surface area contributed by atoms with Gasteiger partial charge in [-0.05, 0) is 30.5 Å². The van der Waals surface area contributed by atoms with Gasteiger partial charge in [-0.3, -0.25) is 0 Å². The Hall–Kier alpha value is -0.383. The molecule has 120 valence electrons. The second kappa shape index (κ2) is 5.36. The lowest BCUT2D eigenvalue weighted by Crippen LogP contribution is -2.44. The first-order chi connectivity index (χ1) is 9.54.